The Balaban J connectivity index is 2.61. The van der Waals surface area contributed by atoms with Crippen molar-refractivity contribution in [2.75, 3.05) is 5.75 Å². The lowest BCUT2D eigenvalue weighted by Gasteiger charge is -2.21. The second-order valence-corrected chi connectivity index (χ2v) is 7.58. The molecule has 2 aromatic carbocycles. The first-order chi connectivity index (χ1) is 10.2. The fraction of sp³-hybridized carbons (Fsp3) is 0.200. The summed E-state index contributed by atoms with van der Waals surface area (Å²) >= 11 is 0. The fourth-order valence-corrected chi connectivity index (χ4v) is 3.46. The second-order valence-electron chi connectivity index (χ2n) is 4.75. The smallest absolute Gasteiger partial charge is 0.212 e. The van der Waals surface area contributed by atoms with Crippen molar-refractivity contribution in [2.45, 2.75) is 12.1 Å². The molecule has 0 saturated carbocycles. The largest absolute Gasteiger partial charge is 0.416 e. The highest BCUT2D eigenvalue weighted by Crippen LogP contribution is 2.38. The SMILES string of the molecule is O=S(=O)(Cl)C[C@H](c1ccccc1)c1ccccc1C(F)(F)F. The van der Waals surface area contributed by atoms with Gasteiger partial charge in [0.1, 0.15) is 0 Å². The summed E-state index contributed by atoms with van der Waals surface area (Å²) in [5, 5.41) is 0. The van der Waals surface area contributed by atoms with Crippen molar-refractivity contribution in [3.05, 3.63) is 71.3 Å². The molecule has 0 saturated heterocycles. The van der Waals surface area contributed by atoms with Gasteiger partial charge in [0.25, 0.3) is 0 Å². The van der Waals surface area contributed by atoms with Crippen LogP contribution >= 0.6 is 10.7 Å². The van der Waals surface area contributed by atoms with E-state index in [1.54, 1.807) is 30.3 Å². The Morgan fingerprint density at radius 3 is 2.05 bits per heavy atom. The van der Waals surface area contributed by atoms with Gasteiger partial charge in [0.15, 0.2) is 0 Å². The molecule has 2 nitrogen and oxygen atoms in total. The highest BCUT2D eigenvalue weighted by molar-refractivity contribution is 8.13. The quantitative estimate of drug-likeness (QED) is 0.767. The van der Waals surface area contributed by atoms with E-state index in [4.69, 9.17) is 10.7 Å². The van der Waals surface area contributed by atoms with Gasteiger partial charge in [-0.25, -0.2) is 8.42 Å². The summed E-state index contributed by atoms with van der Waals surface area (Å²) in [6, 6.07) is 13.1. The molecular weight excluding hydrogens is 337 g/mol. The van der Waals surface area contributed by atoms with E-state index in [0.717, 1.165) is 6.07 Å². The zero-order valence-corrected chi connectivity index (χ0v) is 12.8. The van der Waals surface area contributed by atoms with Gasteiger partial charge in [0.2, 0.25) is 9.05 Å². The van der Waals surface area contributed by atoms with E-state index in [9.17, 15) is 21.6 Å². The molecule has 0 aromatic heterocycles. The zero-order valence-electron chi connectivity index (χ0n) is 11.2. The Morgan fingerprint density at radius 2 is 1.50 bits per heavy atom. The molecule has 0 amide bonds. The molecule has 1 atom stereocenters. The van der Waals surface area contributed by atoms with Crippen LogP contribution in [-0.2, 0) is 15.2 Å². The van der Waals surface area contributed by atoms with Crippen molar-refractivity contribution in [3.63, 3.8) is 0 Å². The third kappa shape index (κ3) is 4.24. The van der Waals surface area contributed by atoms with Gasteiger partial charge in [-0.15, -0.1) is 0 Å². The van der Waals surface area contributed by atoms with Gasteiger partial charge in [0, 0.05) is 16.6 Å². The lowest BCUT2D eigenvalue weighted by Crippen LogP contribution is -2.17. The van der Waals surface area contributed by atoms with E-state index in [1.165, 1.54) is 18.2 Å². The van der Waals surface area contributed by atoms with Gasteiger partial charge >= 0.3 is 6.18 Å². The maximum absolute atomic E-state index is 13.2. The Morgan fingerprint density at radius 1 is 0.955 bits per heavy atom. The van der Waals surface area contributed by atoms with Crippen molar-refractivity contribution in [1.82, 2.24) is 0 Å². The summed E-state index contributed by atoms with van der Waals surface area (Å²) in [5.41, 5.74) is -0.502. The average molecular weight is 349 g/mol. The summed E-state index contributed by atoms with van der Waals surface area (Å²) in [7, 11) is 1.31. The van der Waals surface area contributed by atoms with Crippen molar-refractivity contribution >= 4 is 19.7 Å². The third-order valence-electron chi connectivity index (χ3n) is 3.21. The van der Waals surface area contributed by atoms with Crippen molar-refractivity contribution in [1.29, 1.82) is 0 Å². The zero-order chi connectivity index (χ0) is 16.4. The first kappa shape index (κ1) is 16.8. The van der Waals surface area contributed by atoms with Gasteiger partial charge in [-0.1, -0.05) is 48.5 Å². The first-order valence-electron chi connectivity index (χ1n) is 6.32. The molecule has 0 aliphatic rings. The topological polar surface area (TPSA) is 34.1 Å². The number of benzene rings is 2. The molecule has 7 heteroatoms. The number of hydrogen-bond acceptors (Lipinski definition) is 2. The van der Waals surface area contributed by atoms with Crippen LogP contribution < -0.4 is 0 Å². The van der Waals surface area contributed by atoms with Crippen LogP contribution in [0.1, 0.15) is 22.6 Å². The molecule has 0 bridgehead atoms. The molecule has 0 aliphatic heterocycles. The molecule has 22 heavy (non-hydrogen) atoms. The summed E-state index contributed by atoms with van der Waals surface area (Å²) in [5.74, 6) is -1.59. The van der Waals surface area contributed by atoms with Gasteiger partial charge in [-0.05, 0) is 17.2 Å². The standard InChI is InChI=1S/C15H12ClF3O2S/c16-22(20,21)10-13(11-6-2-1-3-7-11)12-8-4-5-9-14(12)15(17,18)19/h1-9,13H,10H2/t13-/m1/s1. The molecule has 0 radical (unpaired) electrons. The van der Waals surface area contributed by atoms with Crippen LogP contribution in [0.5, 0.6) is 0 Å². The minimum absolute atomic E-state index is 0.106. The highest BCUT2D eigenvalue weighted by Gasteiger charge is 2.36. The van der Waals surface area contributed by atoms with Crippen LogP contribution in [0.3, 0.4) is 0 Å². The van der Waals surface area contributed by atoms with Crippen LogP contribution in [0.25, 0.3) is 0 Å². The third-order valence-corrected chi connectivity index (χ3v) is 4.32. The van der Waals surface area contributed by atoms with Gasteiger partial charge < -0.3 is 0 Å². The Labute approximate surface area is 131 Å². The molecule has 118 valence electrons. The van der Waals surface area contributed by atoms with E-state index in [1.807, 2.05) is 0 Å². The minimum Gasteiger partial charge on any atom is -0.212 e. The number of halogens is 4. The molecule has 0 spiro atoms. The average Bonchev–Trinajstić information content (AvgIpc) is 2.44. The predicted molar refractivity (Wildman–Crippen MR) is 79.4 cm³/mol. The van der Waals surface area contributed by atoms with Gasteiger partial charge in [-0.3, -0.25) is 0 Å². The Bertz CT molecular complexity index is 743. The maximum Gasteiger partial charge on any atom is 0.416 e. The lowest BCUT2D eigenvalue weighted by molar-refractivity contribution is -0.138. The van der Waals surface area contributed by atoms with Crippen LogP contribution in [0, 0.1) is 0 Å². The molecule has 2 rings (SSSR count). The van der Waals surface area contributed by atoms with Gasteiger partial charge in [0.05, 0.1) is 11.3 Å². The summed E-state index contributed by atoms with van der Waals surface area (Å²) < 4.78 is 62.4. The van der Waals surface area contributed by atoms with E-state index < -0.39 is 32.5 Å². The van der Waals surface area contributed by atoms with Crippen LogP contribution in [0.4, 0.5) is 13.2 Å². The van der Waals surface area contributed by atoms with E-state index in [0.29, 0.717) is 5.56 Å². The van der Waals surface area contributed by atoms with Gasteiger partial charge in [-0.2, -0.15) is 13.2 Å². The van der Waals surface area contributed by atoms with Crippen molar-refractivity contribution in [2.24, 2.45) is 0 Å². The Kier molecular flexibility index (Phi) is 4.82. The molecular formula is C15H12ClF3O2S. The van der Waals surface area contributed by atoms with Crippen LogP contribution in [0.15, 0.2) is 54.6 Å². The molecule has 0 unspecified atom stereocenters. The summed E-state index contributed by atoms with van der Waals surface area (Å²) in [6.07, 6.45) is -4.57. The lowest BCUT2D eigenvalue weighted by atomic mass is 9.89. The molecule has 0 N–H and O–H groups in total. The second kappa shape index (κ2) is 6.30. The maximum atomic E-state index is 13.2. The van der Waals surface area contributed by atoms with E-state index >= 15 is 0 Å². The van der Waals surface area contributed by atoms with E-state index in [-0.39, 0.29) is 5.56 Å². The first-order valence-corrected chi connectivity index (χ1v) is 8.80. The van der Waals surface area contributed by atoms with Crippen molar-refractivity contribution in [3.8, 4) is 0 Å². The molecule has 0 heterocycles. The molecule has 0 aliphatic carbocycles. The highest BCUT2D eigenvalue weighted by atomic mass is 35.7. The number of rotatable bonds is 4. The molecule has 2 aromatic rings. The molecule has 0 fully saturated rings. The van der Waals surface area contributed by atoms with Crippen molar-refractivity contribution < 1.29 is 21.6 Å². The fourth-order valence-electron chi connectivity index (χ4n) is 2.31. The van der Waals surface area contributed by atoms with Crippen LogP contribution in [0.2, 0.25) is 0 Å². The summed E-state index contributed by atoms with van der Waals surface area (Å²) in [4.78, 5) is 0. The van der Waals surface area contributed by atoms with Crippen LogP contribution in [-0.4, -0.2) is 14.2 Å². The number of alkyl halides is 3. The normalized spacial score (nSPS) is 13.8. The predicted octanol–water partition coefficient (Wildman–Crippen LogP) is 4.41. The van der Waals surface area contributed by atoms with E-state index in [2.05, 4.69) is 0 Å². The monoisotopic (exact) mass is 348 g/mol. The minimum atomic E-state index is -4.57. The summed E-state index contributed by atoms with van der Waals surface area (Å²) in [6.45, 7) is 0. The number of hydrogen-bond donors (Lipinski definition) is 0. The Hall–Kier alpha value is -1.53.